The third-order valence-corrected chi connectivity index (χ3v) is 15.0. The average molecular weight is 1010 g/mol. The van der Waals surface area contributed by atoms with Gasteiger partial charge in [-0.05, 0) is 92.6 Å². The quantitative estimate of drug-likeness (QED) is 0.0260. The predicted molar refractivity (Wildman–Crippen MR) is 248 cm³/mol. The van der Waals surface area contributed by atoms with Crippen LogP contribution in [0.25, 0.3) is 0 Å². The molecule has 3 aromatic rings. The van der Waals surface area contributed by atoms with Crippen molar-refractivity contribution in [2.45, 2.75) is 93.3 Å². The van der Waals surface area contributed by atoms with E-state index in [9.17, 15) is 53.9 Å². The molecular weight excluding hydrogens is 957 g/mol. The number of anilines is 1. The van der Waals surface area contributed by atoms with E-state index in [1.54, 1.807) is 6.07 Å². The Morgan fingerprint density at radius 1 is 0.851 bits per heavy atom. The highest BCUT2D eigenvalue weighted by atomic mass is 32.2. The van der Waals surface area contributed by atoms with E-state index in [-0.39, 0.29) is 43.8 Å². The molecule has 67 heavy (non-hydrogen) atoms. The molecule has 1 saturated carbocycles. The topological polar surface area (TPSA) is 292 Å². The maximum atomic E-state index is 12.9. The molecule has 1 aliphatic carbocycles. The van der Waals surface area contributed by atoms with Crippen molar-refractivity contribution in [2.24, 2.45) is 4.99 Å². The number of nitrogens with zero attached hydrogens (tertiary/aromatic N) is 4. The Labute approximate surface area is 392 Å². The Hall–Kier alpha value is -4.89. The van der Waals surface area contributed by atoms with Crippen molar-refractivity contribution in [3.8, 4) is 11.8 Å². The smallest absolute Gasteiger partial charge is 0.335 e. The number of aliphatic imine (C=N–C) groups is 1. The van der Waals surface area contributed by atoms with Crippen molar-refractivity contribution >= 4 is 71.2 Å². The van der Waals surface area contributed by atoms with Crippen molar-refractivity contribution < 1.29 is 78.0 Å². The molecular formula is C43H53N4O16S4+. The highest BCUT2D eigenvalue weighted by molar-refractivity contribution is 7.94. The first-order valence-electron chi connectivity index (χ1n) is 21.0. The SMILES string of the molecule is CC1(C)C(=C/C=C2\CCC/C(=C\CC3=[N+](CCCS(=O)(=O)O)c4ccc(SOOO)cc4C3(C)C)C2=NCCC(=O)On2c(O)ccc2O)N(CCCS(=O)(=O)O)c2ccc(S(=O)(=O)O)cc21. The molecule has 0 radical (unpaired) electrons. The number of carbonyl (C=O) groups excluding carboxylic acids is 1. The number of carbonyl (C=O) groups is 1. The Morgan fingerprint density at radius 2 is 1.52 bits per heavy atom. The van der Waals surface area contributed by atoms with E-state index in [0.29, 0.717) is 58.0 Å². The first-order chi connectivity index (χ1) is 31.3. The lowest BCUT2D eigenvalue weighted by atomic mass is 9.79. The van der Waals surface area contributed by atoms with Crippen LogP contribution in [0.3, 0.4) is 0 Å². The van der Waals surface area contributed by atoms with Gasteiger partial charge in [0.1, 0.15) is 6.54 Å². The largest absolute Gasteiger partial charge is 0.492 e. The lowest BCUT2D eigenvalue weighted by Gasteiger charge is -2.27. The molecule has 364 valence electrons. The van der Waals surface area contributed by atoms with Gasteiger partial charge in [0.2, 0.25) is 17.4 Å². The first-order valence-corrected chi connectivity index (χ1v) is 26.4. The summed E-state index contributed by atoms with van der Waals surface area (Å²) >= 11 is 0.794. The summed E-state index contributed by atoms with van der Waals surface area (Å²) in [7, 11) is -13.1. The van der Waals surface area contributed by atoms with E-state index < -0.39 is 70.4 Å². The number of benzene rings is 2. The van der Waals surface area contributed by atoms with Gasteiger partial charge in [-0.3, -0.25) is 18.7 Å². The van der Waals surface area contributed by atoms with Crippen molar-refractivity contribution in [1.29, 1.82) is 0 Å². The minimum Gasteiger partial charge on any atom is -0.492 e. The van der Waals surface area contributed by atoms with Gasteiger partial charge in [0.05, 0.1) is 52.5 Å². The van der Waals surface area contributed by atoms with E-state index in [4.69, 9.17) is 15.1 Å². The maximum absolute atomic E-state index is 12.9. The number of allylic oxidation sites excluding steroid dienone is 6. The standard InChI is InChI=1S/C43H52N4O16S4/c1-42(2)32-26-30(64-63-62-51)12-14-34(32)45(22-6-24-65(52,53)54)36(42)16-10-28-8-5-9-29(41(28)44-21-20-40(50)61-47-38(48)18-19-39(47)49)11-17-37-43(3,4)33-27-31(67(58,59)60)13-15-35(33)46(37)23-7-25-66(55,56)57/h10-15,17-19,26-27H,5-9,16,20-25H2,1-4H3,(H5-,48,49,51,52,53,54,55,56,57,58,59,60)/p+1/b28-10+,29-11+,37-17?,44-41?. The summed E-state index contributed by atoms with van der Waals surface area (Å²) in [4.78, 5) is 25.1. The molecule has 6 rings (SSSR count). The van der Waals surface area contributed by atoms with Crippen LogP contribution < -0.4 is 9.74 Å². The van der Waals surface area contributed by atoms with Crippen LogP contribution in [0.1, 0.15) is 83.8 Å². The molecule has 6 N–H and O–H groups in total. The number of hydrogen-bond donors (Lipinski definition) is 6. The van der Waals surface area contributed by atoms with Gasteiger partial charge < -0.3 is 20.0 Å². The Bertz CT molecular complexity index is 2900. The first kappa shape index (κ1) is 51.5. The summed E-state index contributed by atoms with van der Waals surface area (Å²) in [6.45, 7) is 8.04. The number of aromatic hydroxyl groups is 2. The van der Waals surface area contributed by atoms with Gasteiger partial charge in [0.15, 0.2) is 5.71 Å². The molecule has 2 aromatic carbocycles. The molecule has 24 heteroatoms. The maximum Gasteiger partial charge on any atom is 0.335 e. The number of rotatable bonds is 19. The average Bonchev–Trinajstić information content (AvgIpc) is 3.74. The Kier molecular flexibility index (Phi) is 15.7. The van der Waals surface area contributed by atoms with E-state index in [1.165, 1.54) is 18.2 Å². The molecule has 0 amide bonds. The molecule has 0 bridgehead atoms. The lowest BCUT2D eigenvalue weighted by molar-refractivity contribution is -0.439. The minimum atomic E-state index is -4.58. The molecule has 3 heterocycles. The van der Waals surface area contributed by atoms with Gasteiger partial charge in [-0.1, -0.05) is 31.0 Å². The highest BCUT2D eigenvalue weighted by Gasteiger charge is 2.45. The lowest BCUT2D eigenvalue weighted by Crippen LogP contribution is -2.30. The van der Waals surface area contributed by atoms with Gasteiger partial charge in [-0.2, -0.15) is 29.8 Å². The molecule has 1 aromatic heterocycles. The van der Waals surface area contributed by atoms with Gasteiger partial charge in [0.25, 0.3) is 30.4 Å². The van der Waals surface area contributed by atoms with E-state index in [2.05, 4.69) is 9.37 Å². The van der Waals surface area contributed by atoms with Crippen LogP contribution in [0.5, 0.6) is 11.8 Å². The zero-order chi connectivity index (χ0) is 49.1. The van der Waals surface area contributed by atoms with Crippen molar-refractivity contribution in [2.75, 3.05) is 36.0 Å². The highest BCUT2D eigenvalue weighted by Crippen LogP contribution is 2.49. The van der Waals surface area contributed by atoms with Crippen LogP contribution >= 0.6 is 12.0 Å². The monoisotopic (exact) mass is 1010 g/mol. The Morgan fingerprint density at radius 3 is 2.18 bits per heavy atom. The minimum absolute atomic E-state index is 0.0213. The molecule has 0 spiro atoms. The van der Waals surface area contributed by atoms with Crippen molar-refractivity contribution in [1.82, 2.24) is 4.73 Å². The van der Waals surface area contributed by atoms with Crippen LogP contribution in [-0.2, 0) is 55.4 Å². The van der Waals surface area contributed by atoms with Crippen molar-refractivity contribution in [3.63, 3.8) is 0 Å². The molecule has 0 atom stereocenters. The van der Waals surface area contributed by atoms with Crippen LogP contribution in [-0.4, -0.2) is 112 Å². The summed E-state index contributed by atoms with van der Waals surface area (Å²) in [6, 6.07) is 11.9. The van der Waals surface area contributed by atoms with Crippen LogP contribution in [0.2, 0.25) is 0 Å². The third-order valence-electron chi connectivity index (χ3n) is 11.9. The summed E-state index contributed by atoms with van der Waals surface area (Å²) in [6.07, 6.45) is 7.74. The van der Waals surface area contributed by atoms with Gasteiger partial charge in [-0.25, -0.2) is 10.1 Å². The van der Waals surface area contributed by atoms with E-state index >= 15 is 0 Å². The molecule has 20 nitrogen and oxygen atoms in total. The third kappa shape index (κ3) is 12.2. The summed E-state index contributed by atoms with van der Waals surface area (Å²) < 4.78 is 108. The zero-order valence-corrected chi connectivity index (χ0v) is 40.3. The second-order valence-corrected chi connectivity index (χ2v) is 22.5. The normalized spacial score (nSPS) is 19.5. The molecule has 2 aliphatic heterocycles. The zero-order valence-electron chi connectivity index (χ0n) is 37.0. The fourth-order valence-corrected chi connectivity index (χ4v) is 10.7. The number of fused-ring (bicyclic) bond motifs is 2. The predicted octanol–water partition coefficient (Wildman–Crippen LogP) is 6.10. The van der Waals surface area contributed by atoms with Gasteiger partial charge in [0, 0.05) is 64.8 Å². The Balaban J connectivity index is 1.41. The summed E-state index contributed by atoms with van der Waals surface area (Å²) in [5, 5.41) is 32.6. The fraction of sp³-hybridized carbons (Fsp3) is 0.419. The number of hydrogen-bond acceptors (Lipinski definition) is 16. The van der Waals surface area contributed by atoms with Crippen LogP contribution in [0, 0.1) is 0 Å². The van der Waals surface area contributed by atoms with E-state index in [0.717, 1.165) is 52.3 Å². The van der Waals surface area contributed by atoms with Crippen LogP contribution in [0.4, 0.5) is 11.4 Å². The second-order valence-electron chi connectivity index (χ2n) is 17.2. The summed E-state index contributed by atoms with van der Waals surface area (Å²) in [5.74, 6) is -2.77. The van der Waals surface area contributed by atoms with E-state index in [1.807, 2.05) is 67.5 Å². The van der Waals surface area contributed by atoms with Crippen molar-refractivity contribution in [3.05, 3.63) is 94.7 Å². The molecule has 1 fully saturated rings. The number of aromatic nitrogens is 1. The molecule has 0 unspecified atom stereocenters. The second kappa shape index (κ2) is 20.4. The van der Waals surface area contributed by atoms with Gasteiger partial charge in [-0.15, -0.1) is 9.06 Å². The molecule has 3 aliphatic rings. The van der Waals surface area contributed by atoms with Crippen LogP contribution in [0.15, 0.2) is 98.4 Å². The van der Waals surface area contributed by atoms with Gasteiger partial charge >= 0.3 is 5.97 Å². The fourth-order valence-electron chi connectivity index (χ4n) is 8.76. The molecule has 0 saturated heterocycles. The summed E-state index contributed by atoms with van der Waals surface area (Å²) in [5.41, 5.74) is 4.99.